The van der Waals surface area contributed by atoms with E-state index in [1.165, 1.54) is 12.1 Å². The predicted molar refractivity (Wildman–Crippen MR) is 142 cm³/mol. The summed E-state index contributed by atoms with van der Waals surface area (Å²) in [7, 11) is 0. The van der Waals surface area contributed by atoms with Gasteiger partial charge in [-0.15, -0.1) is 0 Å². The van der Waals surface area contributed by atoms with Crippen LogP contribution in [-0.2, 0) is 6.42 Å². The molecule has 0 radical (unpaired) electrons. The maximum absolute atomic E-state index is 13.3. The molecule has 8 nitrogen and oxygen atoms in total. The van der Waals surface area contributed by atoms with Crippen LogP contribution in [0.1, 0.15) is 77.8 Å². The molecule has 37 heavy (non-hydrogen) atoms. The van der Waals surface area contributed by atoms with Crippen molar-refractivity contribution in [3.8, 4) is 11.8 Å². The van der Waals surface area contributed by atoms with Gasteiger partial charge in [-0.1, -0.05) is 26.0 Å². The average molecular weight is 510 g/mol. The Morgan fingerprint density at radius 1 is 1.03 bits per heavy atom. The number of amides is 2. The van der Waals surface area contributed by atoms with Crippen LogP contribution in [0.4, 0.5) is 0 Å². The highest BCUT2D eigenvalue weighted by Crippen LogP contribution is 2.18. The highest BCUT2D eigenvalue weighted by atomic mass is 16.3. The van der Waals surface area contributed by atoms with Gasteiger partial charge in [0.2, 0.25) is 0 Å². The molecule has 200 valence electrons. The van der Waals surface area contributed by atoms with Gasteiger partial charge in [0.1, 0.15) is 11.9 Å². The number of aliphatic hydroxyl groups is 2. The zero-order valence-corrected chi connectivity index (χ0v) is 22.0. The van der Waals surface area contributed by atoms with Crippen LogP contribution in [0.3, 0.4) is 0 Å². The van der Waals surface area contributed by atoms with Crippen LogP contribution < -0.4 is 5.32 Å². The van der Waals surface area contributed by atoms with Crippen LogP contribution in [-0.4, -0.2) is 63.4 Å². The number of hydrogen-bond acceptors (Lipinski definition) is 6. The van der Waals surface area contributed by atoms with E-state index >= 15 is 0 Å². The van der Waals surface area contributed by atoms with Crippen molar-refractivity contribution in [2.24, 2.45) is 0 Å². The molecule has 0 aromatic heterocycles. The normalized spacial score (nSPS) is 13.3. The highest BCUT2D eigenvalue weighted by Gasteiger charge is 2.28. The van der Waals surface area contributed by atoms with E-state index in [1.54, 1.807) is 35.2 Å². The number of aliphatic hydroxyl groups excluding tert-OH is 2. The Hall–Kier alpha value is -3.41. The van der Waals surface area contributed by atoms with Crippen molar-refractivity contribution < 1.29 is 24.9 Å². The largest absolute Gasteiger partial charge is 0.508 e. The van der Waals surface area contributed by atoms with Gasteiger partial charge in [0.05, 0.1) is 18.2 Å². The Morgan fingerprint density at radius 3 is 2.24 bits per heavy atom. The summed E-state index contributed by atoms with van der Waals surface area (Å²) >= 11 is 0. The fourth-order valence-electron chi connectivity index (χ4n) is 4.30. The predicted octanol–water partition coefficient (Wildman–Crippen LogP) is 3.72. The summed E-state index contributed by atoms with van der Waals surface area (Å²) in [4.78, 5) is 28.2. The van der Waals surface area contributed by atoms with Gasteiger partial charge in [0.15, 0.2) is 0 Å². The van der Waals surface area contributed by atoms with Crippen molar-refractivity contribution in [1.29, 1.82) is 5.26 Å². The van der Waals surface area contributed by atoms with Crippen LogP contribution in [0.25, 0.3) is 0 Å². The topological polar surface area (TPSA) is 134 Å². The third-order valence-electron chi connectivity index (χ3n) is 6.16. The lowest BCUT2D eigenvalue weighted by Crippen LogP contribution is -2.49. The standard InChI is InChI=1S/C29H39N3O5/c1-4-14-32(15-5-2)29(37)23-17-20(3)16-22(19-23)28(36)31-25(18-21-9-11-24(33)12-10-21)27(35)26(34)8-6-7-13-30/h9-12,16-17,19,25-27,33-35H,4-8,14-15,18H2,1-3H3,(H,31,36). The molecule has 0 bridgehead atoms. The van der Waals surface area contributed by atoms with Crippen LogP contribution in [0.5, 0.6) is 5.75 Å². The van der Waals surface area contributed by atoms with Crippen molar-refractivity contribution in [2.45, 2.75) is 77.5 Å². The number of aryl methyl sites for hydroxylation is 1. The first kappa shape index (κ1) is 29.8. The Labute approximate surface area is 219 Å². The van der Waals surface area contributed by atoms with Crippen LogP contribution in [0, 0.1) is 18.3 Å². The lowest BCUT2D eigenvalue weighted by atomic mass is 9.94. The lowest BCUT2D eigenvalue weighted by Gasteiger charge is -2.28. The van der Waals surface area contributed by atoms with Crippen LogP contribution in [0.2, 0.25) is 0 Å². The average Bonchev–Trinajstić information content (AvgIpc) is 2.88. The van der Waals surface area contributed by atoms with Gasteiger partial charge in [-0.2, -0.15) is 5.26 Å². The molecule has 0 saturated carbocycles. The number of hydrogen-bond donors (Lipinski definition) is 4. The SMILES string of the molecule is CCCN(CCC)C(=O)c1cc(C)cc(C(=O)NC(Cc2ccc(O)cc2)C(O)C(O)CCCC#N)c1. The van der Waals surface area contributed by atoms with Crippen molar-refractivity contribution >= 4 is 11.8 Å². The number of benzene rings is 2. The molecule has 2 aromatic rings. The van der Waals surface area contributed by atoms with Crippen molar-refractivity contribution in [1.82, 2.24) is 10.2 Å². The second-order valence-corrected chi connectivity index (χ2v) is 9.44. The minimum absolute atomic E-state index is 0.0959. The van der Waals surface area contributed by atoms with Gasteiger partial charge in [-0.3, -0.25) is 9.59 Å². The van der Waals surface area contributed by atoms with E-state index < -0.39 is 24.2 Å². The van der Waals surface area contributed by atoms with Gasteiger partial charge in [0, 0.05) is 30.6 Å². The fraction of sp³-hybridized carbons (Fsp3) is 0.483. The smallest absolute Gasteiger partial charge is 0.253 e. The summed E-state index contributed by atoms with van der Waals surface area (Å²) in [6.45, 7) is 7.11. The number of nitrogens with one attached hydrogen (secondary N) is 1. The Bertz CT molecular complexity index is 1060. The summed E-state index contributed by atoms with van der Waals surface area (Å²) in [5.41, 5.74) is 2.23. The molecule has 3 atom stereocenters. The number of carbonyl (C=O) groups excluding carboxylic acids is 2. The molecule has 8 heteroatoms. The number of phenols is 1. The number of carbonyl (C=O) groups is 2. The zero-order valence-electron chi connectivity index (χ0n) is 22.0. The summed E-state index contributed by atoms with van der Waals surface area (Å²) in [5.74, 6) is -0.504. The fourth-order valence-corrected chi connectivity index (χ4v) is 4.30. The molecule has 4 N–H and O–H groups in total. The third-order valence-corrected chi connectivity index (χ3v) is 6.16. The van der Waals surface area contributed by atoms with E-state index in [0.717, 1.165) is 24.0 Å². The van der Waals surface area contributed by atoms with Crippen molar-refractivity contribution in [3.63, 3.8) is 0 Å². The molecular weight excluding hydrogens is 470 g/mol. The number of phenolic OH excluding ortho intramolecular Hbond substituents is 1. The van der Waals surface area contributed by atoms with Gasteiger partial charge < -0.3 is 25.5 Å². The summed E-state index contributed by atoms with van der Waals surface area (Å²) in [5, 5.41) is 42.7. The molecule has 0 aliphatic carbocycles. The number of unbranched alkanes of at least 4 members (excludes halogenated alkanes) is 1. The Kier molecular flexibility index (Phi) is 12.1. The van der Waals surface area contributed by atoms with Gasteiger partial charge in [-0.25, -0.2) is 0 Å². The monoisotopic (exact) mass is 509 g/mol. The van der Waals surface area contributed by atoms with E-state index in [4.69, 9.17) is 5.26 Å². The molecular formula is C29H39N3O5. The lowest BCUT2D eigenvalue weighted by molar-refractivity contribution is -0.00788. The minimum Gasteiger partial charge on any atom is -0.508 e. The van der Waals surface area contributed by atoms with E-state index in [-0.39, 0.29) is 36.5 Å². The molecule has 0 fully saturated rings. The highest BCUT2D eigenvalue weighted by molar-refractivity contribution is 6.00. The summed E-state index contributed by atoms with van der Waals surface area (Å²) in [6, 6.07) is 12.6. The molecule has 0 aliphatic rings. The van der Waals surface area contributed by atoms with E-state index in [1.807, 2.05) is 26.8 Å². The molecule has 0 aliphatic heterocycles. The first-order valence-electron chi connectivity index (χ1n) is 12.9. The Morgan fingerprint density at radius 2 is 1.65 bits per heavy atom. The first-order valence-corrected chi connectivity index (χ1v) is 12.9. The molecule has 2 rings (SSSR count). The quantitative estimate of drug-likeness (QED) is 0.287. The maximum Gasteiger partial charge on any atom is 0.253 e. The molecule has 3 unspecified atom stereocenters. The number of aromatic hydroxyl groups is 1. The molecule has 0 saturated heterocycles. The van der Waals surface area contributed by atoms with Crippen LogP contribution in [0.15, 0.2) is 42.5 Å². The molecule has 2 amide bonds. The van der Waals surface area contributed by atoms with Gasteiger partial charge in [-0.05, 0) is 80.5 Å². The molecule has 2 aromatic carbocycles. The number of nitrogens with zero attached hydrogens (tertiary/aromatic N) is 2. The van der Waals surface area contributed by atoms with Crippen molar-refractivity contribution in [2.75, 3.05) is 13.1 Å². The van der Waals surface area contributed by atoms with E-state index in [0.29, 0.717) is 25.1 Å². The third kappa shape index (κ3) is 9.19. The second-order valence-electron chi connectivity index (χ2n) is 9.44. The minimum atomic E-state index is -1.29. The first-order chi connectivity index (χ1) is 17.7. The summed E-state index contributed by atoms with van der Waals surface area (Å²) < 4.78 is 0. The molecule has 0 heterocycles. The number of rotatable bonds is 14. The van der Waals surface area contributed by atoms with Crippen LogP contribution >= 0.6 is 0 Å². The van der Waals surface area contributed by atoms with Gasteiger partial charge >= 0.3 is 0 Å². The zero-order chi connectivity index (χ0) is 27.4. The van der Waals surface area contributed by atoms with E-state index in [9.17, 15) is 24.9 Å². The van der Waals surface area contributed by atoms with Crippen molar-refractivity contribution in [3.05, 3.63) is 64.7 Å². The van der Waals surface area contributed by atoms with Gasteiger partial charge in [0.25, 0.3) is 11.8 Å². The second kappa shape index (κ2) is 15.0. The molecule has 0 spiro atoms. The Balaban J connectivity index is 2.29. The maximum atomic E-state index is 13.3. The number of nitriles is 1. The van der Waals surface area contributed by atoms with E-state index in [2.05, 4.69) is 5.32 Å². The summed E-state index contributed by atoms with van der Waals surface area (Å²) in [6.07, 6.45) is 0.340.